The van der Waals surface area contributed by atoms with Crippen molar-refractivity contribution in [2.24, 2.45) is 5.92 Å². The molecule has 1 spiro atoms. The Morgan fingerprint density at radius 3 is 2.49 bits per heavy atom. The molecule has 13 nitrogen and oxygen atoms in total. The minimum atomic E-state index is -1.87. The maximum atomic E-state index is 13.5. The number of nitrogens with zero attached hydrogens (tertiary/aromatic N) is 1. The topological polar surface area (TPSA) is 186 Å². The summed E-state index contributed by atoms with van der Waals surface area (Å²) >= 11 is 0. The average Bonchev–Trinajstić information content (AvgIpc) is 3.29. The van der Waals surface area contributed by atoms with E-state index in [-0.39, 0.29) is 24.8 Å². The van der Waals surface area contributed by atoms with Crippen LogP contribution in [0.4, 0.5) is 0 Å². The summed E-state index contributed by atoms with van der Waals surface area (Å²) in [5.74, 6) is -6.27. The number of carbonyl (C=O) groups excluding carboxylic acids is 4. The predicted molar refractivity (Wildman–Crippen MR) is 144 cm³/mol. The molecule has 1 aromatic rings. The number of likely N-dealkylation sites (N-methyl/N-ethyl adjacent to an activating group) is 1. The average molecular weight is 602 g/mol. The summed E-state index contributed by atoms with van der Waals surface area (Å²) < 4.78 is 22.2. The molecule has 1 fully saturated rings. The van der Waals surface area contributed by atoms with Crippen LogP contribution in [0.15, 0.2) is 24.0 Å². The maximum Gasteiger partial charge on any atom is 0.349 e. The summed E-state index contributed by atoms with van der Waals surface area (Å²) in [6.45, 7) is 3.73. The minimum Gasteiger partial charge on any atom is -0.481 e. The van der Waals surface area contributed by atoms with E-state index in [4.69, 9.17) is 18.9 Å². The monoisotopic (exact) mass is 601 g/mol. The second-order valence-corrected chi connectivity index (χ2v) is 11.8. The highest BCUT2D eigenvalue weighted by Crippen LogP contribution is 2.64. The van der Waals surface area contributed by atoms with Crippen LogP contribution in [-0.2, 0) is 56.6 Å². The van der Waals surface area contributed by atoms with Gasteiger partial charge in [-0.1, -0.05) is 12.1 Å². The molecule has 4 aliphatic rings. The molecule has 2 heterocycles. The molecule has 232 valence electrons. The van der Waals surface area contributed by atoms with Crippen LogP contribution in [0.2, 0.25) is 0 Å². The number of rotatable bonds is 10. The Morgan fingerprint density at radius 1 is 1.14 bits per heavy atom. The Labute approximate surface area is 247 Å². The number of benzene rings is 1. The molecule has 13 heteroatoms. The molecule has 1 aromatic carbocycles. The van der Waals surface area contributed by atoms with Crippen LogP contribution in [0.25, 0.3) is 0 Å². The third kappa shape index (κ3) is 4.79. The van der Waals surface area contributed by atoms with Gasteiger partial charge in [0.25, 0.3) is 0 Å². The van der Waals surface area contributed by atoms with Gasteiger partial charge in [-0.2, -0.15) is 0 Å². The van der Waals surface area contributed by atoms with Crippen LogP contribution in [0.3, 0.4) is 0 Å². The fraction of sp³-hybridized carbons (Fsp3) is 0.567. The SMILES string of the molecule is CC(=O)C[C@H](OC(=O)[C@H](OC(C)=O)[C@@H](C)C(=O)OC1=CC[C@@]2(O)[C@H]3Cc4ccc(CO)c5c4[C@@]2(CCN3C)[C@H]1O5)C(=O)O. The number of ether oxygens (including phenoxy) is 4. The number of piperidine rings is 1. The van der Waals surface area contributed by atoms with Crippen molar-refractivity contribution >= 4 is 29.7 Å². The largest absolute Gasteiger partial charge is 0.481 e. The van der Waals surface area contributed by atoms with Gasteiger partial charge >= 0.3 is 23.9 Å². The molecule has 0 radical (unpaired) electrons. The van der Waals surface area contributed by atoms with E-state index in [2.05, 4.69) is 4.90 Å². The summed E-state index contributed by atoms with van der Waals surface area (Å²) in [6.07, 6.45) is -2.46. The van der Waals surface area contributed by atoms with E-state index < -0.39 is 71.3 Å². The lowest BCUT2D eigenvalue weighted by molar-refractivity contribution is -0.184. The van der Waals surface area contributed by atoms with Crippen molar-refractivity contribution in [3.63, 3.8) is 0 Å². The van der Waals surface area contributed by atoms with Crippen LogP contribution >= 0.6 is 0 Å². The fourth-order valence-electron chi connectivity index (χ4n) is 7.14. The van der Waals surface area contributed by atoms with E-state index in [9.17, 15) is 39.3 Å². The van der Waals surface area contributed by atoms with Gasteiger partial charge in [-0.05, 0) is 51.9 Å². The van der Waals surface area contributed by atoms with E-state index in [1.807, 2.05) is 13.1 Å². The van der Waals surface area contributed by atoms with Crippen molar-refractivity contribution in [2.45, 2.75) is 88.4 Å². The molecule has 43 heavy (non-hydrogen) atoms. The van der Waals surface area contributed by atoms with Gasteiger partial charge in [0.1, 0.15) is 23.2 Å². The Balaban J connectivity index is 1.45. The number of carboxylic acids is 1. The van der Waals surface area contributed by atoms with Crippen molar-refractivity contribution in [3.05, 3.63) is 40.7 Å². The first-order valence-corrected chi connectivity index (χ1v) is 14.1. The first-order chi connectivity index (χ1) is 20.2. The highest BCUT2D eigenvalue weighted by atomic mass is 16.6. The number of carboxylic acid groups (broad SMARTS) is 1. The van der Waals surface area contributed by atoms with Gasteiger partial charge in [0.2, 0.25) is 12.2 Å². The number of hydrogen-bond acceptors (Lipinski definition) is 12. The fourth-order valence-corrected chi connectivity index (χ4v) is 7.14. The van der Waals surface area contributed by atoms with E-state index in [1.165, 1.54) is 6.92 Å². The third-order valence-electron chi connectivity index (χ3n) is 9.20. The summed E-state index contributed by atoms with van der Waals surface area (Å²) in [6, 6.07) is 3.48. The first kappa shape index (κ1) is 30.6. The van der Waals surface area contributed by atoms with Gasteiger partial charge < -0.3 is 39.2 Å². The van der Waals surface area contributed by atoms with E-state index in [0.29, 0.717) is 30.7 Å². The number of aliphatic carboxylic acids is 1. The standard InChI is InChI=1S/C30H35NO12/c1-14(33)11-20(26(35)36)42-28(38)23(40-16(3)34)15(2)27(37)41-19-7-8-30(39)21-12-17-5-6-18(13-32)24-22(17)29(30,25(19)43-24)9-10-31(21)4/h5-7,15,20-21,23,25,32,39H,8-13H2,1-4H3,(H,35,36)/t15-,20+,21-,23-,25+,29+,30-/m1/s1. The van der Waals surface area contributed by atoms with Gasteiger partial charge in [0.15, 0.2) is 6.10 Å². The van der Waals surface area contributed by atoms with Crippen molar-refractivity contribution in [1.82, 2.24) is 4.90 Å². The zero-order valence-electron chi connectivity index (χ0n) is 24.3. The van der Waals surface area contributed by atoms with Gasteiger partial charge in [-0.15, -0.1) is 0 Å². The predicted octanol–water partition coefficient (Wildman–Crippen LogP) is 0.543. The van der Waals surface area contributed by atoms with Gasteiger partial charge in [0.05, 0.1) is 24.0 Å². The lowest BCUT2D eigenvalue weighted by atomic mass is 9.50. The second-order valence-electron chi connectivity index (χ2n) is 11.8. The second kappa shape index (κ2) is 11.0. The Hall–Kier alpha value is -3.81. The highest BCUT2D eigenvalue weighted by molar-refractivity contribution is 5.89. The number of aliphatic hydroxyl groups is 2. The van der Waals surface area contributed by atoms with Gasteiger partial charge in [0, 0.05) is 30.5 Å². The molecule has 1 saturated heterocycles. The zero-order valence-corrected chi connectivity index (χ0v) is 24.3. The van der Waals surface area contributed by atoms with Crippen LogP contribution in [-0.4, -0.2) is 93.4 Å². The van der Waals surface area contributed by atoms with E-state index in [1.54, 1.807) is 12.1 Å². The molecular formula is C30H35NO12. The molecule has 2 aliphatic heterocycles. The molecule has 2 bridgehead atoms. The number of Topliss-reactive ketones (excluding diaryl/α,β-unsaturated/α-hetero) is 1. The van der Waals surface area contributed by atoms with Crippen molar-refractivity contribution in [2.75, 3.05) is 13.6 Å². The normalized spacial score (nSPS) is 28.7. The summed E-state index contributed by atoms with van der Waals surface area (Å²) in [5.41, 5.74) is 0.0925. The molecule has 0 aromatic heterocycles. The molecule has 0 amide bonds. The number of likely N-dealkylation sites (tertiary alicyclic amines) is 1. The molecule has 2 aliphatic carbocycles. The van der Waals surface area contributed by atoms with Crippen LogP contribution in [0, 0.1) is 5.92 Å². The number of aliphatic hydroxyl groups excluding tert-OH is 1. The number of carbonyl (C=O) groups is 5. The van der Waals surface area contributed by atoms with Crippen molar-refractivity contribution in [1.29, 1.82) is 0 Å². The Bertz CT molecular complexity index is 1420. The quantitative estimate of drug-likeness (QED) is 0.249. The van der Waals surface area contributed by atoms with Gasteiger partial charge in [-0.3, -0.25) is 14.4 Å². The zero-order chi connectivity index (χ0) is 31.4. The van der Waals surface area contributed by atoms with Crippen molar-refractivity contribution in [3.8, 4) is 5.75 Å². The molecule has 3 N–H and O–H groups in total. The van der Waals surface area contributed by atoms with Crippen LogP contribution in [0.1, 0.15) is 56.7 Å². The van der Waals surface area contributed by atoms with Gasteiger partial charge in [-0.25, -0.2) is 9.59 Å². The Morgan fingerprint density at radius 2 is 1.86 bits per heavy atom. The smallest absolute Gasteiger partial charge is 0.349 e. The first-order valence-electron chi connectivity index (χ1n) is 14.1. The molecule has 7 atom stereocenters. The number of ketones is 1. The lowest BCUT2D eigenvalue weighted by Crippen LogP contribution is -2.74. The summed E-state index contributed by atoms with van der Waals surface area (Å²) in [7, 11) is 1.95. The molecule has 0 saturated carbocycles. The summed E-state index contributed by atoms with van der Waals surface area (Å²) in [4.78, 5) is 63.3. The number of hydrogen-bond donors (Lipinski definition) is 3. The molecular weight excluding hydrogens is 566 g/mol. The van der Waals surface area contributed by atoms with Crippen LogP contribution in [0.5, 0.6) is 5.75 Å². The third-order valence-corrected chi connectivity index (χ3v) is 9.20. The number of esters is 3. The highest BCUT2D eigenvalue weighted by Gasteiger charge is 2.72. The molecule has 0 unspecified atom stereocenters. The van der Waals surface area contributed by atoms with E-state index in [0.717, 1.165) is 25.0 Å². The van der Waals surface area contributed by atoms with Crippen molar-refractivity contribution < 1.29 is 58.2 Å². The molecule has 5 rings (SSSR count). The van der Waals surface area contributed by atoms with Crippen LogP contribution < -0.4 is 4.74 Å². The summed E-state index contributed by atoms with van der Waals surface area (Å²) in [5, 5.41) is 31.7. The Kier molecular flexibility index (Phi) is 7.86. The van der Waals surface area contributed by atoms with E-state index >= 15 is 0 Å². The maximum absolute atomic E-state index is 13.5. The lowest BCUT2D eigenvalue weighted by Gasteiger charge is -2.61. The minimum absolute atomic E-state index is 0.104.